The van der Waals surface area contributed by atoms with Crippen LogP contribution in [0.4, 0.5) is 13.2 Å². The van der Waals surface area contributed by atoms with Gasteiger partial charge in [0.15, 0.2) is 0 Å². The molecule has 126 valence electrons. The second-order valence-corrected chi connectivity index (χ2v) is 6.94. The summed E-state index contributed by atoms with van der Waals surface area (Å²) in [6.07, 6.45) is -3.90. The first kappa shape index (κ1) is 19.6. The molecule has 1 aliphatic heterocycles. The molecule has 1 saturated heterocycles. The molecular weight excluding hydrogens is 335 g/mol. The number of thioether (sulfide) groups is 1. The zero-order valence-electron chi connectivity index (χ0n) is 12.6. The van der Waals surface area contributed by atoms with Crippen molar-refractivity contribution >= 4 is 24.2 Å². The van der Waals surface area contributed by atoms with Gasteiger partial charge in [-0.1, -0.05) is 12.1 Å². The lowest BCUT2D eigenvalue weighted by Crippen LogP contribution is -2.45. The molecule has 0 amide bonds. The molecular formula is C15H21ClF3NOS. The number of benzene rings is 1. The summed E-state index contributed by atoms with van der Waals surface area (Å²) in [5, 5.41) is 11.0. The van der Waals surface area contributed by atoms with Gasteiger partial charge in [-0.15, -0.1) is 12.4 Å². The van der Waals surface area contributed by atoms with Crippen LogP contribution in [0.1, 0.15) is 17.5 Å². The van der Waals surface area contributed by atoms with Crippen molar-refractivity contribution in [2.75, 3.05) is 32.1 Å². The minimum Gasteiger partial charge on any atom is -0.385 e. The second-order valence-electron chi connectivity index (χ2n) is 5.79. The third-order valence-corrected chi connectivity index (χ3v) is 5.03. The predicted molar refractivity (Wildman–Crippen MR) is 86.6 cm³/mol. The number of hydrogen-bond donors (Lipinski definition) is 1. The first-order valence-corrected chi connectivity index (χ1v) is 8.01. The van der Waals surface area contributed by atoms with E-state index in [4.69, 9.17) is 0 Å². The van der Waals surface area contributed by atoms with Crippen LogP contribution in [0, 0.1) is 5.92 Å². The van der Waals surface area contributed by atoms with Gasteiger partial charge < -0.3 is 10.0 Å². The van der Waals surface area contributed by atoms with Gasteiger partial charge in [-0.2, -0.15) is 24.9 Å². The van der Waals surface area contributed by atoms with Gasteiger partial charge in [-0.05, 0) is 44.0 Å². The van der Waals surface area contributed by atoms with Crippen LogP contribution in [0.5, 0.6) is 0 Å². The van der Waals surface area contributed by atoms with Gasteiger partial charge in [-0.25, -0.2) is 0 Å². The van der Waals surface area contributed by atoms with Gasteiger partial charge >= 0.3 is 6.18 Å². The van der Waals surface area contributed by atoms with E-state index in [1.54, 1.807) is 17.8 Å². The van der Waals surface area contributed by atoms with E-state index < -0.39 is 17.3 Å². The van der Waals surface area contributed by atoms with Crippen LogP contribution in [0.25, 0.3) is 0 Å². The number of nitrogens with zero attached hydrogens (tertiary/aromatic N) is 1. The highest BCUT2D eigenvalue weighted by molar-refractivity contribution is 7.99. The van der Waals surface area contributed by atoms with E-state index in [0.717, 1.165) is 23.6 Å². The molecule has 1 fully saturated rings. The third kappa shape index (κ3) is 4.31. The third-order valence-electron chi connectivity index (χ3n) is 3.90. The van der Waals surface area contributed by atoms with Crippen LogP contribution in [0.15, 0.2) is 24.3 Å². The highest BCUT2D eigenvalue weighted by Crippen LogP contribution is 2.42. The average molecular weight is 356 g/mol. The highest BCUT2D eigenvalue weighted by atomic mass is 35.5. The van der Waals surface area contributed by atoms with E-state index in [9.17, 15) is 18.3 Å². The lowest BCUT2D eigenvalue weighted by molar-refractivity contribution is -0.137. The number of aliphatic hydroxyl groups is 1. The van der Waals surface area contributed by atoms with Crippen molar-refractivity contribution in [3.63, 3.8) is 0 Å². The number of hydrogen-bond acceptors (Lipinski definition) is 3. The normalized spacial score (nSPS) is 25.9. The van der Waals surface area contributed by atoms with Crippen molar-refractivity contribution in [1.82, 2.24) is 4.90 Å². The molecule has 2 nitrogen and oxygen atoms in total. The van der Waals surface area contributed by atoms with Crippen LogP contribution in [0.3, 0.4) is 0 Å². The Hall–Kier alpha value is -0.430. The molecule has 1 aromatic carbocycles. The van der Waals surface area contributed by atoms with Crippen LogP contribution in [-0.4, -0.2) is 42.2 Å². The monoisotopic (exact) mass is 355 g/mol. The van der Waals surface area contributed by atoms with Crippen molar-refractivity contribution in [2.24, 2.45) is 5.92 Å². The molecule has 7 heteroatoms. The molecule has 0 spiro atoms. The van der Waals surface area contributed by atoms with E-state index in [0.29, 0.717) is 18.5 Å². The minimum absolute atomic E-state index is 0. The fraction of sp³-hybridized carbons (Fsp3) is 0.600. The Kier molecular flexibility index (Phi) is 6.62. The Morgan fingerprint density at radius 3 is 2.64 bits per heavy atom. The summed E-state index contributed by atoms with van der Waals surface area (Å²) in [7, 11) is 3.82. The van der Waals surface area contributed by atoms with Gasteiger partial charge in [0.2, 0.25) is 0 Å². The Morgan fingerprint density at radius 1 is 1.36 bits per heavy atom. The van der Waals surface area contributed by atoms with Crippen molar-refractivity contribution in [3.8, 4) is 0 Å². The van der Waals surface area contributed by atoms with Crippen molar-refractivity contribution < 1.29 is 18.3 Å². The van der Waals surface area contributed by atoms with Gasteiger partial charge in [0.25, 0.3) is 0 Å². The number of alkyl halides is 3. The summed E-state index contributed by atoms with van der Waals surface area (Å²) in [6.45, 7) is 0.653. The molecule has 0 aliphatic carbocycles. The molecule has 0 aromatic heterocycles. The summed E-state index contributed by atoms with van der Waals surface area (Å²) in [4.78, 5) is 1.97. The molecule has 0 saturated carbocycles. The largest absolute Gasteiger partial charge is 0.416 e. The van der Waals surface area contributed by atoms with E-state index >= 15 is 0 Å². The maximum absolute atomic E-state index is 12.9. The van der Waals surface area contributed by atoms with Crippen molar-refractivity contribution in [3.05, 3.63) is 35.4 Å². The number of halogens is 4. The average Bonchev–Trinajstić information content (AvgIpc) is 2.40. The molecule has 2 atom stereocenters. The van der Waals surface area contributed by atoms with Gasteiger partial charge in [0.05, 0.1) is 11.2 Å². The quantitative estimate of drug-likeness (QED) is 0.895. The lowest BCUT2D eigenvalue weighted by atomic mass is 9.79. The molecule has 1 aromatic rings. The smallest absolute Gasteiger partial charge is 0.385 e. The summed E-state index contributed by atoms with van der Waals surface area (Å²) in [5.74, 6) is 1.44. The Balaban J connectivity index is 0.00000242. The van der Waals surface area contributed by atoms with Crippen LogP contribution >= 0.6 is 24.2 Å². The molecule has 1 aliphatic rings. The van der Waals surface area contributed by atoms with E-state index in [1.165, 1.54) is 6.07 Å². The maximum Gasteiger partial charge on any atom is 0.416 e. The highest BCUT2D eigenvalue weighted by Gasteiger charge is 2.42. The Morgan fingerprint density at radius 2 is 2.05 bits per heavy atom. The molecule has 0 radical (unpaired) electrons. The summed E-state index contributed by atoms with van der Waals surface area (Å²) in [6, 6.07) is 5.13. The van der Waals surface area contributed by atoms with E-state index in [2.05, 4.69) is 0 Å². The second kappa shape index (κ2) is 7.43. The fourth-order valence-electron chi connectivity index (χ4n) is 2.78. The Labute approximate surface area is 139 Å². The molecule has 1 heterocycles. The van der Waals surface area contributed by atoms with Gasteiger partial charge in [-0.3, -0.25) is 0 Å². The first-order valence-electron chi connectivity index (χ1n) is 6.86. The van der Waals surface area contributed by atoms with Crippen molar-refractivity contribution in [1.29, 1.82) is 0 Å². The Bertz CT molecular complexity index is 498. The van der Waals surface area contributed by atoms with Crippen LogP contribution < -0.4 is 0 Å². The van der Waals surface area contributed by atoms with Crippen molar-refractivity contribution in [2.45, 2.75) is 18.2 Å². The van der Waals surface area contributed by atoms with E-state index in [-0.39, 0.29) is 18.3 Å². The molecule has 0 bridgehead atoms. The number of rotatable bonds is 3. The maximum atomic E-state index is 12.9. The zero-order chi connectivity index (χ0) is 15.7. The molecule has 22 heavy (non-hydrogen) atoms. The molecule has 2 rings (SSSR count). The standard InChI is InChI=1S/C15H20F3NOS.ClH/c1-19(2)9-13-10-21-7-6-14(13,20)11-4-3-5-12(8-11)15(16,17)18;/h3-5,8,13,20H,6-7,9-10H2,1-2H3;1H/t13-,14+;/m0./s1. The first-order chi connectivity index (χ1) is 9.73. The molecule has 0 unspecified atom stereocenters. The summed E-state index contributed by atoms with van der Waals surface area (Å²) < 4.78 is 38.6. The fourth-order valence-corrected chi connectivity index (χ4v) is 4.07. The SMILES string of the molecule is CN(C)C[C@H]1CSCC[C@@]1(O)c1cccc(C(F)(F)F)c1.Cl. The van der Waals surface area contributed by atoms with Gasteiger partial charge in [0, 0.05) is 18.2 Å². The van der Waals surface area contributed by atoms with Crippen LogP contribution in [-0.2, 0) is 11.8 Å². The predicted octanol–water partition coefficient (Wildman–Crippen LogP) is 3.63. The summed E-state index contributed by atoms with van der Waals surface area (Å²) in [5.41, 5.74) is -1.50. The van der Waals surface area contributed by atoms with Gasteiger partial charge in [0.1, 0.15) is 0 Å². The summed E-state index contributed by atoms with van der Waals surface area (Å²) >= 11 is 1.74. The zero-order valence-corrected chi connectivity index (χ0v) is 14.2. The van der Waals surface area contributed by atoms with Crippen LogP contribution in [0.2, 0.25) is 0 Å². The lowest BCUT2D eigenvalue weighted by Gasteiger charge is -2.41. The minimum atomic E-state index is -4.38. The van der Waals surface area contributed by atoms with E-state index in [1.807, 2.05) is 19.0 Å². The topological polar surface area (TPSA) is 23.5 Å². The molecule has 1 N–H and O–H groups in total.